The van der Waals surface area contributed by atoms with Crippen LogP contribution in [-0.2, 0) is 0 Å². The minimum Gasteiger partial charge on any atom is -0.333 e. The molecule has 0 N–H and O–H groups in total. The highest BCUT2D eigenvalue weighted by molar-refractivity contribution is 5.75. The first-order chi connectivity index (χ1) is 2.00. The van der Waals surface area contributed by atoms with Gasteiger partial charge in [0.25, 0.3) is 0 Å². The fraction of sp³-hybridized carbons (Fsp3) is 1.00. The van der Waals surface area contributed by atoms with Crippen molar-refractivity contribution in [2.45, 2.75) is 0 Å². The second kappa shape index (κ2) is 2.24. The van der Waals surface area contributed by atoms with Gasteiger partial charge in [-0.15, -0.1) is 0 Å². The van der Waals surface area contributed by atoms with Crippen molar-refractivity contribution in [2.75, 3.05) is 28.2 Å². The maximum atomic E-state index is 2.12. The van der Waals surface area contributed by atoms with Crippen LogP contribution in [0.5, 0.6) is 0 Å². The average molecular weight is 88.0 g/mol. The summed E-state index contributed by atoms with van der Waals surface area (Å²) in [5.41, 5.74) is 0. The molecule has 0 unspecified atom stereocenters. The summed E-state index contributed by atoms with van der Waals surface area (Å²) in [4.78, 5) is 0. The van der Waals surface area contributed by atoms with Gasteiger partial charge in [-0.05, 0) is 0 Å². The van der Waals surface area contributed by atoms with Crippen LogP contribution >= 0.6 is 0 Å². The maximum absolute atomic E-state index is 2.12. The lowest BCUT2D eigenvalue weighted by molar-refractivity contribution is -0.849. The van der Waals surface area contributed by atoms with Gasteiger partial charge in [0.2, 0.25) is 0 Å². The van der Waals surface area contributed by atoms with E-state index in [0.29, 0.717) is 0 Å². The Morgan fingerprint density at radius 3 is 0.833 bits per heavy atom. The van der Waals surface area contributed by atoms with E-state index in [4.69, 9.17) is 0 Å². The molecule has 0 amide bonds. The molecule has 0 aliphatic rings. The van der Waals surface area contributed by atoms with E-state index in [0.717, 1.165) is 4.48 Å². The molecular weight excluding hydrogens is 72.9 g/mol. The summed E-state index contributed by atoms with van der Waals surface area (Å²) >= 11 is 0. The van der Waals surface area contributed by atoms with Crippen LogP contribution in [0.15, 0.2) is 0 Å². The van der Waals surface area contributed by atoms with E-state index < -0.39 is 0 Å². The van der Waals surface area contributed by atoms with Crippen molar-refractivity contribution in [1.82, 2.24) is 0 Å². The van der Waals surface area contributed by atoms with Crippen LogP contribution in [0.2, 0.25) is 0 Å². The Morgan fingerprint density at radius 2 is 0.833 bits per heavy atom. The number of rotatable bonds is 0. The molecule has 0 aromatic carbocycles. The molecule has 0 atom stereocenters. The van der Waals surface area contributed by atoms with Gasteiger partial charge in [-0.25, -0.2) is 0 Å². The molecule has 0 spiro atoms. The largest absolute Gasteiger partial charge is 0.333 e. The number of hydrogen-bond donors (Lipinski definition) is 0. The summed E-state index contributed by atoms with van der Waals surface area (Å²) in [6.45, 7) is 0. The van der Waals surface area contributed by atoms with Crippen LogP contribution in [-0.4, -0.2) is 41.1 Å². The fourth-order valence-corrected chi connectivity index (χ4v) is 0. The van der Waals surface area contributed by atoms with Crippen molar-refractivity contribution in [2.24, 2.45) is 0 Å². The zero-order chi connectivity index (χ0) is 4.50. The molecule has 1 nitrogen and oxygen atoms in total. The van der Waals surface area contributed by atoms with E-state index in [2.05, 4.69) is 28.2 Å². The molecule has 0 aliphatic heterocycles. The molecule has 0 aliphatic carbocycles. The van der Waals surface area contributed by atoms with Crippen molar-refractivity contribution in [3.63, 3.8) is 0 Å². The first-order valence-electron chi connectivity index (χ1n) is 1.79. The Kier molecular flexibility index (Phi) is 3.51. The molecule has 0 fully saturated rings. The van der Waals surface area contributed by atoms with Crippen molar-refractivity contribution >= 4 is 8.41 Å². The van der Waals surface area contributed by atoms with Crippen LogP contribution in [0.4, 0.5) is 0 Å². The smallest absolute Gasteiger partial charge is 0.0675 e. The molecule has 0 aromatic heterocycles. The highest BCUT2D eigenvalue weighted by Gasteiger charge is 1.88. The zero-order valence-corrected chi connectivity index (χ0v) is 4.45. The van der Waals surface area contributed by atoms with Crippen molar-refractivity contribution in [3.05, 3.63) is 0 Å². The van der Waals surface area contributed by atoms with E-state index in [-0.39, 0.29) is 8.41 Å². The lowest BCUT2D eigenvalue weighted by Gasteiger charge is -2.14. The van der Waals surface area contributed by atoms with E-state index >= 15 is 0 Å². The second-order valence-corrected chi connectivity index (χ2v) is 2.68. The highest BCUT2D eigenvalue weighted by atomic mass is 15.2. The molecule has 39 valence electrons. The minimum atomic E-state index is 0. The summed E-state index contributed by atoms with van der Waals surface area (Å²) in [7, 11) is 8.50. The van der Waals surface area contributed by atoms with E-state index in [1.54, 1.807) is 0 Å². The van der Waals surface area contributed by atoms with Gasteiger partial charge >= 0.3 is 0 Å². The van der Waals surface area contributed by atoms with E-state index in [1.807, 2.05) is 0 Å². The standard InChI is InChI=1S/C4H12N.BH3/c1-5(2,3)4;/h1-4H3;1H3/q+1;-1. The molecule has 0 saturated heterocycles. The SMILES string of the molecule is C[N+](C)(C)C.[BH3-]. The maximum Gasteiger partial charge on any atom is 0.0675 e. The normalized spacial score (nSPS) is 10.0. The molecule has 0 saturated carbocycles. The number of hydrogen-bond acceptors (Lipinski definition) is 0. The first-order valence-corrected chi connectivity index (χ1v) is 1.79. The van der Waals surface area contributed by atoms with Gasteiger partial charge in [-0.2, -0.15) is 8.41 Å². The van der Waals surface area contributed by atoms with Gasteiger partial charge in [0, 0.05) is 0 Å². The highest BCUT2D eigenvalue weighted by Crippen LogP contribution is 1.73. The quantitative estimate of drug-likeness (QED) is 0.267. The predicted octanol–water partition coefficient (Wildman–Crippen LogP) is -0.861. The fourth-order valence-electron chi connectivity index (χ4n) is 0. The van der Waals surface area contributed by atoms with Crippen LogP contribution in [0, 0.1) is 0 Å². The molecule has 6 heavy (non-hydrogen) atoms. The minimum absolute atomic E-state index is 0. The lowest BCUT2D eigenvalue weighted by atomic mass is 10.8. The summed E-state index contributed by atoms with van der Waals surface area (Å²) in [6, 6.07) is 0. The molecular formula is C4H15BN. The van der Waals surface area contributed by atoms with Crippen LogP contribution in [0.25, 0.3) is 0 Å². The van der Waals surface area contributed by atoms with Crippen LogP contribution < -0.4 is 0 Å². The topological polar surface area (TPSA) is 0 Å². The summed E-state index contributed by atoms with van der Waals surface area (Å²) in [5, 5.41) is 0. The summed E-state index contributed by atoms with van der Waals surface area (Å²) in [6.07, 6.45) is 0. The van der Waals surface area contributed by atoms with Gasteiger partial charge in [0.1, 0.15) is 0 Å². The van der Waals surface area contributed by atoms with Gasteiger partial charge in [0.05, 0.1) is 28.2 Å². The lowest BCUT2D eigenvalue weighted by Crippen LogP contribution is -2.27. The van der Waals surface area contributed by atoms with Crippen molar-refractivity contribution < 1.29 is 4.48 Å². The summed E-state index contributed by atoms with van der Waals surface area (Å²) < 4.78 is 1.00. The first kappa shape index (κ1) is 9.39. The second-order valence-electron chi connectivity index (χ2n) is 2.68. The van der Waals surface area contributed by atoms with E-state index in [1.165, 1.54) is 0 Å². The molecule has 1 radical (unpaired) electrons. The molecule has 2 heteroatoms. The predicted molar refractivity (Wildman–Crippen MR) is 33.9 cm³/mol. The Hall–Kier alpha value is 0.0249. The molecule has 0 bridgehead atoms. The average Bonchev–Trinajstić information content (AvgIpc) is 0.722. The molecule has 0 heterocycles. The van der Waals surface area contributed by atoms with Gasteiger partial charge in [-0.1, -0.05) is 0 Å². The van der Waals surface area contributed by atoms with E-state index in [9.17, 15) is 0 Å². The Labute approximate surface area is 42.1 Å². The third-order valence-electron chi connectivity index (χ3n) is 0. The molecule has 0 aromatic rings. The van der Waals surface area contributed by atoms with Gasteiger partial charge in [0.15, 0.2) is 0 Å². The van der Waals surface area contributed by atoms with Gasteiger partial charge in [-0.3, -0.25) is 0 Å². The number of quaternary nitrogens is 1. The van der Waals surface area contributed by atoms with Crippen LogP contribution in [0.1, 0.15) is 0 Å². The number of nitrogens with zero attached hydrogens (tertiary/aromatic N) is 1. The Morgan fingerprint density at radius 1 is 0.833 bits per heavy atom. The zero-order valence-electron chi connectivity index (χ0n) is 4.45. The Balaban J connectivity index is 0. The van der Waals surface area contributed by atoms with Crippen LogP contribution in [0.3, 0.4) is 0 Å². The Bertz CT molecular complexity index is 23.0. The summed E-state index contributed by atoms with van der Waals surface area (Å²) in [5.74, 6) is 0. The third-order valence-corrected chi connectivity index (χ3v) is 0. The van der Waals surface area contributed by atoms with Crippen molar-refractivity contribution in [3.8, 4) is 0 Å². The van der Waals surface area contributed by atoms with Gasteiger partial charge < -0.3 is 4.48 Å². The van der Waals surface area contributed by atoms with Crippen molar-refractivity contribution in [1.29, 1.82) is 0 Å². The molecule has 0 rings (SSSR count). The third kappa shape index (κ3) is 59200. The monoisotopic (exact) mass is 88.1 g/mol.